The number of nitrogens with zero attached hydrogens (tertiary/aromatic N) is 3. The molecular formula is C19H17BrN6O2S. The fourth-order valence-electron chi connectivity index (χ4n) is 2.76. The molecule has 0 bridgehead atoms. The van der Waals surface area contributed by atoms with Crippen LogP contribution in [-0.4, -0.2) is 30.6 Å². The average molecular weight is 473 g/mol. The second-order valence-corrected chi connectivity index (χ2v) is 9.40. The van der Waals surface area contributed by atoms with Gasteiger partial charge in [0.25, 0.3) is 0 Å². The quantitative estimate of drug-likeness (QED) is 0.380. The molecule has 2 heterocycles. The van der Waals surface area contributed by atoms with E-state index >= 15 is 0 Å². The van der Waals surface area contributed by atoms with Crippen molar-refractivity contribution < 1.29 is 8.95 Å². The Balaban J connectivity index is 1.60. The second-order valence-electron chi connectivity index (χ2n) is 6.39. The molecule has 1 atom stereocenters. The lowest BCUT2D eigenvalue weighted by molar-refractivity contribution is 0.304. The summed E-state index contributed by atoms with van der Waals surface area (Å²) in [6.07, 6.45) is 4.60. The molecule has 10 heteroatoms. The molecule has 8 nitrogen and oxygen atoms in total. The molecule has 0 radical (unpaired) electrons. The highest BCUT2D eigenvalue weighted by molar-refractivity contribution is 9.10. The Morgan fingerprint density at radius 3 is 2.86 bits per heavy atom. The van der Waals surface area contributed by atoms with Crippen molar-refractivity contribution in [2.75, 3.05) is 11.6 Å². The van der Waals surface area contributed by atoms with Gasteiger partial charge in [0, 0.05) is 34.9 Å². The van der Waals surface area contributed by atoms with Gasteiger partial charge in [-0.3, -0.25) is 5.10 Å². The number of aromatic amines is 1. The summed E-state index contributed by atoms with van der Waals surface area (Å²) >= 11 is 3.54. The van der Waals surface area contributed by atoms with Gasteiger partial charge in [0.05, 0.1) is 19.7 Å². The molecule has 0 aliphatic rings. The number of benzene rings is 2. The van der Waals surface area contributed by atoms with Gasteiger partial charge in [-0.1, -0.05) is 12.1 Å². The third kappa shape index (κ3) is 4.38. The standard InChI is InChI=1S/C19H17BrN6O2S/c1-29(21,27)13-4-2-3-12(7-13)10-28-17-9-16-14(8-15(17)20)19(23-11-22-16)25-18-5-6-24-26-18/h2-9,11,21H,10H2,1H3,(H2,22,23,24,25,26). The van der Waals surface area contributed by atoms with Crippen molar-refractivity contribution in [2.45, 2.75) is 11.5 Å². The molecule has 0 saturated carbocycles. The minimum absolute atomic E-state index is 0.275. The van der Waals surface area contributed by atoms with Crippen LogP contribution in [0.2, 0.25) is 0 Å². The van der Waals surface area contributed by atoms with Crippen LogP contribution in [0.4, 0.5) is 11.6 Å². The maximum atomic E-state index is 12.0. The predicted octanol–water partition coefficient (Wildman–Crippen LogP) is 4.47. The Hall–Kier alpha value is -2.98. The van der Waals surface area contributed by atoms with E-state index in [2.05, 4.69) is 41.4 Å². The van der Waals surface area contributed by atoms with Crippen LogP contribution in [0.3, 0.4) is 0 Å². The van der Waals surface area contributed by atoms with Crippen molar-refractivity contribution in [3.8, 4) is 5.75 Å². The minimum atomic E-state index is -2.77. The smallest absolute Gasteiger partial charge is 0.153 e. The summed E-state index contributed by atoms with van der Waals surface area (Å²) in [4.78, 5) is 9.11. The first-order valence-electron chi connectivity index (χ1n) is 8.57. The molecule has 0 amide bonds. The van der Waals surface area contributed by atoms with Crippen LogP contribution < -0.4 is 10.1 Å². The summed E-state index contributed by atoms with van der Waals surface area (Å²) in [5, 5.41) is 10.8. The highest BCUT2D eigenvalue weighted by atomic mass is 79.9. The number of nitrogens with one attached hydrogen (secondary N) is 3. The van der Waals surface area contributed by atoms with Crippen molar-refractivity contribution in [3.63, 3.8) is 0 Å². The van der Waals surface area contributed by atoms with Crippen LogP contribution in [0.5, 0.6) is 5.75 Å². The van der Waals surface area contributed by atoms with E-state index in [0.717, 1.165) is 15.4 Å². The zero-order valence-corrected chi connectivity index (χ0v) is 17.8. The molecule has 148 valence electrons. The summed E-state index contributed by atoms with van der Waals surface area (Å²) in [6, 6.07) is 12.6. The van der Waals surface area contributed by atoms with Crippen LogP contribution in [0.15, 0.2) is 64.4 Å². The molecule has 0 aliphatic heterocycles. The molecule has 0 spiro atoms. The predicted molar refractivity (Wildman–Crippen MR) is 115 cm³/mol. The summed E-state index contributed by atoms with van der Waals surface area (Å²) in [7, 11) is -2.77. The molecule has 2 aromatic carbocycles. The van der Waals surface area contributed by atoms with Gasteiger partial charge >= 0.3 is 0 Å². The van der Waals surface area contributed by atoms with E-state index in [0.29, 0.717) is 27.8 Å². The van der Waals surface area contributed by atoms with Gasteiger partial charge < -0.3 is 10.1 Å². The number of hydrogen-bond donors (Lipinski definition) is 3. The summed E-state index contributed by atoms with van der Waals surface area (Å²) in [6.45, 7) is 0.275. The lowest BCUT2D eigenvalue weighted by Gasteiger charge is -2.12. The minimum Gasteiger partial charge on any atom is -0.488 e. The van der Waals surface area contributed by atoms with Gasteiger partial charge in [-0.2, -0.15) is 5.10 Å². The second kappa shape index (κ2) is 7.80. The number of rotatable bonds is 6. The fourth-order valence-corrected chi connectivity index (χ4v) is 3.93. The third-order valence-corrected chi connectivity index (χ3v) is 5.95. The van der Waals surface area contributed by atoms with Gasteiger partial charge in [-0.15, -0.1) is 0 Å². The lowest BCUT2D eigenvalue weighted by Crippen LogP contribution is -2.01. The van der Waals surface area contributed by atoms with Crippen LogP contribution in [0, 0.1) is 4.78 Å². The lowest BCUT2D eigenvalue weighted by atomic mass is 10.2. The third-order valence-electron chi connectivity index (χ3n) is 4.18. The number of halogens is 1. The monoisotopic (exact) mass is 472 g/mol. The van der Waals surface area contributed by atoms with E-state index in [1.54, 1.807) is 30.5 Å². The molecule has 4 aromatic rings. The Labute approximate surface area is 175 Å². The first-order chi connectivity index (χ1) is 13.9. The van der Waals surface area contributed by atoms with E-state index in [1.807, 2.05) is 18.2 Å². The summed E-state index contributed by atoms with van der Waals surface area (Å²) < 4.78 is 26.4. The first kappa shape index (κ1) is 19.3. The molecular weight excluding hydrogens is 456 g/mol. The highest BCUT2D eigenvalue weighted by Gasteiger charge is 2.11. The van der Waals surface area contributed by atoms with Crippen LogP contribution in [0.1, 0.15) is 5.56 Å². The molecule has 0 aliphatic carbocycles. The number of ether oxygens (including phenoxy) is 1. The maximum absolute atomic E-state index is 12.0. The van der Waals surface area contributed by atoms with Gasteiger partial charge in [0.15, 0.2) is 5.82 Å². The summed E-state index contributed by atoms with van der Waals surface area (Å²) in [5.74, 6) is 1.91. The molecule has 0 saturated heterocycles. The van der Waals surface area contributed by atoms with Gasteiger partial charge in [0.2, 0.25) is 0 Å². The molecule has 1 unspecified atom stereocenters. The Morgan fingerprint density at radius 2 is 2.10 bits per heavy atom. The maximum Gasteiger partial charge on any atom is 0.153 e. The average Bonchev–Trinajstić information content (AvgIpc) is 3.20. The Morgan fingerprint density at radius 1 is 1.24 bits per heavy atom. The van der Waals surface area contributed by atoms with Crippen molar-refractivity contribution in [1.82, 2.24) is 20.2 Å². The number of fused-ring (bicyclic) bond motifs is 1. The van der Waals surface area contributed by atoms with Crippen molar-refractivity contribution in [1.29, 1.82) is 4.78 Å². The van der Waals surface area contributed by atoms with E-state index in [-0.39, 0.29) is 6.61 Å². The Bertz CT molecular complexity index is 1280. The van der Waals surface area contributed by atoms with E-state index in [4.69, 9.17) is 9.52 Å². The first-order valence-corrected chi connectivity index (χ1v) is 11.3. The van der Waals surface area contributed by atoms with Crippen LogP contribution in [0.25, 0.3) is 10.9 Å². The number of anilines is 2. The zero-order valence-electron chi connectivity index (χ0n) is 15.3. The van der Waals surface area contributed by atoms with Crippen molar-refractivity contribution in [3.05, 3.63) is 65.0 Å². The molecule has 29 heavy (non-hydrogen) atoms. The molecule has 3 N–H and O–H groups in total. The van der Waals surface area contributed by atoms with Crippen molar-refractivity contribution in [2.24, 2.45) is 0 Å². The van der Waals surface area contributed by atoms with Gasteiger partial charge in [-0.05, 0) is 39.7 Å². The highest BCUT2D eigenvalue weighted by Crippen LogP contribution is 2.33. The number of hydrogen-bond acceptors (Lipinski definition) is 7. The molecule has 4 rings (SSSR count). The largest absolute Gasteiger partial charge is 0.488 e. The Kier molecular flexibility index (Phi) is 5.20. The topological polar surface area (TPSA) is 117 Å². The van der Waals surface area contributed by atoms with Gasteiger partial charge in [0.1, 0.15) is 24.5 Å². The zero-order chi connectivity index (χ0) is 20.4. The molecule has 0 fully saturated rings. The number of aromatic nitrogens is 4. The van der Waals surface area contributed by atoms with Crippen LogP contribution >= 0.6 is 15.9 Å². The number of H-pyrrole nitrogens is 1. The van der Waals surface area contributed by atoms with E-state index < -0.39 is 9.73 Å². The van der Waals surface area contributed by atoms with E-state index in [1.165, 1.54) is 12.6 Å². The van der Waals surface area contributed by atoms with Crippen LogP contribution in [-0.2, 0) is 16.3 Å². The van der Waals surface area contributed by atoms with Gasteiger partial charge in [-0.25, -0.2) is 19.0 Å². The van der Waals surface area contributed by atoms with E-state index in [9.17, 15) is 4.21 Å². The van der Waals surface area contributed by atoms with Crippen molar-refractivity contribution >= 4 is 48.2 Å². The molecule has 2 aromatic heterocycles. The summed E-state index contributed by atoms with van der Waals surface area (Å²) in [5.41, 5.74) is 1.55. The SMILES string of the molecule is CS(=N)(=O)c1cccc(COc2cc3ncnc(Nc4cc[nH]n4)c3cc2Br)c1. The normalized spacial score (nSPS) is 13.2. The fraction of sp³-hybridized carbons (Fsp3) is 0.105.